The van der Waals surface area contributed by atoms with E-state index in [0.717, 1.165) is 30.3 Å². The zero-order valence-electron chi connectivity index (χ0n) is 23.9. The molecule has 0 aliphatic carbocycles. The minimum atomic E-state index is -0.299. The fraction of sp³-hybridized carbons (Fsp3) is 0.406. The number of aryl methyl sites for hydroxylation is 3. The number of imidazole rings is 1. The van der Waals surface area contributed by atoms with Gasteiger partial charge in [0.05, 0.1) is 17.4 Å². The third-order valence-electron chi connectivity index (χ3n) is 6.37. The van der Waals surface area contributed by atoms with Crippen LogP contribution in [0.1, 0.15) is 41.5 Å². The van der Waals surface area contributed by atoms with Crippen LogP contribution in [0, 0.1) is 0 Å². The predicted molar refractivity (Wildman–Crippen MR) is 195 cm³/mol. The molecule has 0 atom stereocenters. The zero-order chi connectivity index (χ0) is 28.8. The average Bonchev–Trinajstić information content (AvgIpc) is 3.55. The summed E-state index contributed by atoms with van der Waals surface area (Å²) >= 11 is 3.28. The molecular weight excluding hydrogens is 742 g/mol. The van der Waals surface area contributed by atoms with E-state index in [-0.39, 0.29) is 33.5 Å². The van der Waals surface area contributed by atoms with Crippen molar-refractivity contribution < 1.29 is 0 Å². The molecule has 0 radical (unpaired) electrons. The topological polar surface area (TPSA) is 70.0 Å². The number of para-hydroxylation sites is 3. The predicted octanol–water partition coefficient (Wildman–Crippen LogP) is 5.82. The normalized spacial score (nSPS) is 11.7. The Labute approximate surface area is 276 Å². The Hall–Kier alpha value is -2.31. The molecule has 3 aromatic heterocycles. The standard InChI is InChI=1S/C9H9N.C8H8N2.C6H8N2O2.C6H13N.3CH4.HI.In.2H/c1-10-7-6-8-4-2-3-5-9(8)10;1-10-6-9-7-4-2-3-5-8(7)10;1-7-4-3-5(9)8(2)6(7)10;1-7-5-3-2-4-6-7;;;;;;;/h2-7H,1H3;2-6H,1H3;3-4H,1-2H3;2-6H2,1H3;3*1H4;1H;;;/q;;;;;;;;+1;;/p-1. The molecule has 0 N–H and O–H groups in total. The summed E-state index contributed by atoms with van der Waals surface area (Å²) in [6, 6.07) is 19.9. The number of halogens is 1. The van der Waals surface area contributed by atoms with Gasteiger partial charge in [0.1, 0.15) is 0 Å². The van der Waals surface area contributed by atoms with E-state index in [0.29, 0.717) is 0 Å². The van der Waals surface area contributed by atoms with Gasteiger partial charge in [0.25, 0.3) is 5.56 Å². The molecule has 1 aliphatic rings. The molecule has 0 saturated carbocycles. The Morgan fingerprint density at radius 3 is 1.74 bits per heavy atom. The van der Waals surface area contributed by atoms with Crippen LogP contribution in [0.4, 0.5) is 0 Å². The monoisotopic (exact) mass is 794 g/mol. The second-order valence-electron chi connectivity index (χ2n) is 9.30. The number of fused-ring (bicyclic) bond motifs is 2. The molecule has 0 bridgehead atoms. The number of rotatable bonds is 0. The molecule has 6 rings (SSSR count). The van der Waals surface area contributed by atoms with Gasteiger partial charge in [-0.1, -0.05) is 59.0 Å². The Kier molecular flexibility index (Phi) is 22.2. The van der Waals surface area contributed by atoms with E-state index in [4.69, 9.17) is 0 Å². The number of benzene rings is 2. The second-order valence-corrected chi connectivity index (χ2v) is 9.30. The number of hydrogen-bond acceptors (Lipinski definition) is 4. The van der Waals surface area contributed by atoms with Crippen molar-refractivity contribution in [2.75, 3.05) is 20.1 Å². The number of piperidine rings is 1. The number of likely N-dealkylation sites (tertiary alicyclic amines) is 1. The Morgan fingerprint density at radius 2 is 1.21 bits per heavy atom. The van der Waals surface area contributed by atoms with Crippen molar-refractivity contribution in [2.45, 2.75) is 41.5 Å². The van der Waals surface area contributed by atoms with Crippen molar-refractivity contribution in [3.63, 3.8) is 0 Å². The maximum absolute atomic E-state index is 10.9. The van der Waals surface area contributed by atoms with Gasteiger partial charge in [0.15, 0.2) is 0 Å². The fourth-order valence-corrected chi connectivity index (χ4v) is 4.04. The van der Waals surface area contributed by atoms with Crippen molar-refractivity contribution in [3.8, 4) is 0 Å². The maximum atomic E-state index is 10.9. The van der Waals surface area contributed by atoms with Gasteiger partial charge in [0, 0.05) is 52.2 Å². The molecule has 2 aromatic carbocycles. The van der Waals surface area contributed by atoms with Crippen LogP contribution >= 0.6 is 18.1 Å². The molecule has 8 nitrogen and oxygen atoms in total. The summed E-state index contributed by atoms with van der Waals surface area (Å²) in [7, 11) is 9.29. The van der Waals surface area contributed by atoms with Crippen LogP contribution in [0.25, 0.3) is 21.9 Å². The van der Waals surface area contributed by atoms with Crippen LogP contribution in [-0.2, 0) is 28.2 Å². The van der Waals surface area contributed by atoms with Crippen molar-refractivity contribution >= 4 is 60.3 Å². The van der Waals surface area contributed by atoms with Crippen LogP contribution in [0.3, 0.4) is 0 Å². The quantitative estimate of drug-likeness (QED) is 0.186. The molecule has 0 spiro atoms. The fourth-order valence-electron chi connectivity index (χ4n) is 4.04. The zero-order valence-corrected chi connectivity index (χ0v) is 31.8. The molecule has 1 saturated heterocycles. The molecule has 1 fully saturated rings. The molecular formula is C32H52IInN6O2. The molecule has 42 heavy (non-hydrogen) atoms. The minimum absolute atomic E-state index is 0. The van der Waals surface area contributed by atoms with E-state index in [2.05, 4.69) is 89.3 Å². The van der Waals surface area contributed by atoms with E-state index >= 15 is 0 Å². The van der Waals surface area contributed by atoms with Crippen LogP contribution < -0.4 is 11.2 Å². The average molecular weight is 795 g/mol. The number of hydrogen-bond donors (Lipinski definition) is 0. The molecule has 1 aliphatic heterocycles. The van der Waals surface area contributed by atoms with Gasteiger partial charge >= 0.3 is 44.0 Å². The van der Waals surface area contributed by atoms with Crippen molar-refractivity contribution in [1.29, 1.82) is 0 Å². The second kappa shape index (κ2) is 22.3. The summed E-state index contributed by atoms with van der Waals surface area (Å²) in [5, 5.41) is 1.31. The first-order valence-electron chi connectivity index (χ1n) is 12.9. The molecule has 5 aromatic rings. The first kappa shape index (κ1) is 41.8. The Bertz CT molecular complexity index is 1460. The van der Waals surface area contributed by atoms with Crippen LogP contribution in [-0.4, -0.2) is 68.5 Å². The van der Waals surface area contributed by atoms with Crippen LogP contribution in [0.2, 0.25) is 0 Å². The third-order valence-corrected chi connectivity index (χ3v) is 6.37. The Morgan fingerprint density at radius 1 is 0.667 bits per heavy atom. The third kappa shape index (κ3) is 12.9. The molecule has 0 amide bonds. The van der Waals surface area contributed by atoms with E-state index < -0.39 is 0 Å². The number of aromatic nitrogens is 5. The van der Waals surface area contributed by atoms with E-state index in [1.54, 1.807) is 7.05 Å². The van der Waals surface area contributed by atoms with Crippen LogP contribution in [0.5, 0.6) is 0 Å². The van der Waals surface area contributed by atoms with E-state index in [9.17, 15) is 9.59 Å². The SMILES string of the molecule is C.C.C.CN1CCCCC1.Cn1ccc(=O)n(C)c1=O.Cn1ccc2ccccc21.Cn1cnc2ccccc21.[InH2][I]. The van der Waals surface area contributed by atoms with Gasteiger partial charge in [-0.05, 0) is 62.6 Å². The van der Waals surface area contributed by atoms with Gasteiger partial charge < -0.3 is 18.6 Å². The van der Waals surface area contributed by atoms with E-state index in [1.165, 1.54) is 72.6 Å². The molecule has 232 valence electrons. The first-order valence-corrected chi connectivity index (χ1v) is 29.6. The van der Waals surface area contributed by atoms with Crippen molar-refractivity contribution in [3.05, 3.63) is 100 Å². The summed E-state index contributed by atoms with van der Waals surface area (Å²) in [4.78, 5) is 28.2. The Balaban J connectivity index is 0. The number of nitrogens with zero attached hydrogens (tertiary/aromatic N) is 6. The van der Waals surface area contributed by atoms with Gasteiger partial charge in [-0.3, -0.25) is 9.36 Å². The van der Waals surface area contributed by atoms with Gasteiger partial charge in [-0.25, -0.2) is 9.78 Å². The van der Waals surface area contributed by atoms with Gasteiger partial charge in [-0.15, -0.1) is 0 Å². The summed E-state index contributed by atoms with van der Waals surface area (Å²) in [5.41, 5.74) is 2.96. The molecule has 0 unspecified atom stereocenters. The van der Waals surface area contributed by atoms with Crippen molar-refractivity contribution in [1.82, 2.24) is 28.2 Å². The van der Waals surface area contributed by atoms with Gasteiger partial charge in [0.2, 0.25) is 0 Å². The molecule has 4 heterocycles. The molecule has 10 heteroatoms. The first-order chi connectivity index (χ1) is 18.8. The van der Waals surface area contributed by atoms with Crippen LogP contribution in [0.15, 0.2) is 89.0 Å². The summed E-state index contributed by atoms with van der Waals surface area (Å²) < 4.78 is 6.53. The summed E-state index contributed by atoms with van der Waals surface area (Å²) in [6.07, 6.45) is 9.62. The summed E-state index contributed by atoms with van der Waals surface area (Å²) in [6.45, 7) is 2.64. The van der Waals surface area contributed by atoms with Crippen molar-refractivity contribution in [2.24, 2.45) is 28.2 Å². The van der Waals surface area contributed by atoms with E-state index in [1.807, 2.05) is 36.1 Å². The van der Waals surface area contributed by atoms with Gasteiger partial charge in [-0.2, -0.15) is 0 Å². The summed E-state index contributed by atoms with van der Waals surface area (Å²) in [5.74, 6) is 0.